The predicted molar refractivity (Wildman–Crippen MR) is 77.9 cm³/mol. The molecule has 1 aromatic heterocycles. The fraction of sp³-hybridized carbons (Fsp3) is 0.375. The summed E-state index contributed by atoms with van der Waals surface area (Å²) in [7, 11) is 0. The molecule has 0 saturated carbocycles. The fourth-order valence-electron chi connectivity index (χ4n) is 2.48. The van der Waals surface area contributed by atoms with Gasteiger partial charge in [0.15, 0.2) is 5.78 Å². The van der Waals surface area contributed by atoms with Crippen molar-refractivity contribution < 1.29 is 9.53 Å². The Balaban J connectivity index is 1.65. The van der Waals surface area contributed by atoms with Crippen LogP contribution in [0, 0.1) is 0 Å². The number of carbonyl (C=O) groups excluding carboxylic acids is 1. The van der Waals surface area contributed by atoms with Gasteiger partial charge in [-0.3, -0.25) is 9.78 Å². The standard InChI is InChI=1S/C16H18N2O2/c19-16(11-20-14-5-8-17-9-6-14)13-4-3-12-2-1-7-18-15(12)10-13/h1-4,7,10,14,17H,5-6,8-9,11H2. The van der Waals surface area contributed by atoms with E-state index in [1.54, 1.807) is 6.20 Å². The molecule has 0 unspecified atom stereocenters. The van der Waals surface area contributed by atoms with Crippen LogP contribution in [-0.4, -0.2) is 36.6 Å². The number of nitrogens with one attached hydrogen (secondary N) is 1. The van der Waals surface area contributed by atoms with Crippen LogP contribution in [-0.2, 0) is 4.74 Å². The number of pyridine rings is 1. The lowest BCUT2D eigenvalue weighted by molar-refractivity contribution is 0.0318. The summed E-state index contributed by atoms with van der Waals surface area (Å²) in [5.41, 5.74) is 1.52. The van der Waals surface area contributed by atoms with Crippen molar-refractivity contribution in [1.29, 1.82) is 0 Å². The zero-order valence-corrected chi connectivity index (χ0v) is 11.3. The molecule has 0 spiro atoms. The highest BCUT2D eigenvalue weighted by Crippen LogP contribution is 2.14. The highest BCUT2D eigenvalue weighted by molar-refractivity contribution is 6.00. The van der Waals surface area contributed by atoms with Gasteiger partial charge in [0.1, 0.15) is 6.61 Å². The van der Waals surface area contributed by atoms with Crippen LogP contribution in [0.3, 0.4) is 0 Å². The van der Waals surface area contributed by atoms with E-state index in [4.69, 9.17) is 4.74 Å². The number of piperidine rings is 1. The van der Waals surface area contributed by atoms with E-state index in [-0.39, 0.29) is 18.5 Å². The summed E-state index contributed by atoms with van der Waals surface area (Å²) in [6, 6.07) is 9.49. The van der Waals surface area contributed by atoms with Gasteiger partial charge in [0, 0.05) is 17.1 Å². The summed E-state index contributed by atoms with van der Waals surface area (Å²) in [4.78, 5) is 16.4. The van der Waals surface area contributed by atoms with Gasteiger partial charge in [-0.05, 0) is 38.1 Å². The second-order valence-electron chi connectivity index (χ2n) is 5.09. The Bertz CT molecular complexity index is 606. The molecule has 1 aromatic carbocycles. The minimum atomic E-state index is 0.0242. The molecule has 0 aliphatic carbocycles. The molecule has 4 nitrogen and oxygen atoms in total. The van der Waals surface area contributed by atoms with E-state index in [0.29, 0.717) is 5.56 Å². The SMILES string of the molecule is O=C(COC1CCNCC1)c1ccc2cccnc2c1. The van der Waals surface area contributed by atoms with Gasteiger partial charge in [-0.25, -0.2) is 0 Å². The maximum atomic E-state index is 12.2. The van der Waals surface area contributed by atoms with Crippen LogP contribution in [0.15, 0.2) is 36.5 Å². The molecule has 0 amide bonds. The molecule has 2 heterocycles. The molecule has 0 atom stereocenters. The number of fused-ring (bicyclic) bond motifs is 1. The molecule has 0 radical (unpaired) electrons. The number of hydrogen-bond acceptors (Lipinski definition) is 4. The van der Waals surface area contributed by atoms with E-state index in [1.165, 1.54) is 0 Å². The third-order valence-corrected chi connectivity index (χ3v) is 3.66. The van der Waals surface area contributed by atoms with E-state index in [1.807, 2.05) is 30.3 Å². The Morgan fingerprint density at radius 3 is 3.00 bits per heavy atom. The Morgan fingerprint density at radius 2 is 2.15 bits per heavy atom. The summed E-state index contributed by atoms with van der Waals surface area (Å²) >= 11 is 0. The van der Waals surface area contributed by atoms with Crippen LogP contribution in [0.5, 0.6) is 0 Å². The second kappa shape index (κ2) is 6.11. The minimum Gasteiger partial charge on any atom is -0.370 e. The number of rotatable bonds is 4. The summed E-state index contributed by atoms with van der Waals surface area (Å²) in [6.07, 6.45) is 3.90. The zero-order chi connectivity index (χ0) is 13.8. The number of carbonyl (C=O) groups is 1. The van der Waals surface area contributed by atoms with Gasteiger partial charge in [-0.2, -0.15) is 0 Å². The topological polar surface area (TPSA) is 51.2 Å². The number of Topliss-reactive ketones (excluding diaryl/α,β-unsaturated/α-hetero) is 1. The van der Waals surface area contributed by atoms with E-state index in [9.17, 15) is 4.79 Å². The lowest BCUT2D eigenvalue weighted by Crippen LogP contribution is -2.33. The van der Waals surface area contributed by atoms with Crippen molar-refractivity contribution >= 4 is 16.7 Å². The highest BCUT2D eigenvalue weighted by Gasteiger charge is 2.15. The molecule has 1 aliphatic heterocycles. The van der Waals surface area contributed by atoms with Crippen molar-refractivity contribution in [2.24, 2.45) is 0 Å². The Hall–Kier alpha value is -1.78. The van der Waals surface area contributed by atoms with E-state index in [2.05, 4.69) is 10.3 Å². The molecular formula is C16H18N2O2. The molecule has 20 heavy (non-hydrogen) atoms. The molecule has 4 heteroatoms. The lowest BCUT2D eigenvalue weighted by atomic mass is 10.1. The van der Waals surface area contributed by atoms with Crippen molar-refractivity contribution in [3.8, 4) is 0 Å². The van der Waals surface area contributed by atoms with Crippen molar-refractivity contribution in [3.63, 3.8) is 0 Å². The normalized spacial score (nSPS) is 16.4. The number of hydrogen-bond donors (Lipinski definition) is 1. The van der Waals surface area contributed by atoms with E-state index >= 15 is 0 Å². The molecule has 1 aliphatic rings. The van der Waals surface area contributed by atoms with Crippen LogP contribution in [0.2, 0.25) is 0 Å². The van der Waals surface area contributed by atoms with Gasteiger partial charge in [-0.15, -0.1) is 0 Å². The fourth-order valence-corrected chi connectivity index (χ4v) is 2.48. The zero-order valence-electron chi connectivity index (χ0n) is 11.3. The molecule has 3 rings (SSSR count). The quantitative estimate of drug-likeness (QED) is 0.865. The maximum absolute atomic E-state index is 12.2. The summed E-state index contributed by atoms with van der Waals surface area (Å²) in [5.74, 6) is 0.0242. The summed E-state index contributed by atoms with van der Waals surface area (Å²) < 4.78 is 5.70. The largest absolute Gasteiger partial charge is 0.370 e. The van der Waals surface area contributed by atoms with Gasteiger partial charge in [-0.1, -0.05) is 18.2 Å². The number of benzene rings is 1. The summed E-state index contributed by atoms with van der Waals surface area (Å²) in [6.45, 7) is 2.10. The first-order valence-electron chi connectivity index (χ1n) is 7.03. The predicted octanol–water partition coefficient (Wildman–Crippen LogP) is 2.19. The Labute approximate surface area is 118 Å². The first-order chi connectivity index (χ1) is 9.83. The minimum absolute atomic E-state index is 0.0242. The monoisotopic (exact) mass is 270 g/mol. The molecule has 1 N–H and O–H groups in total. The van der Waals surface area contributed by atoms with Crippen molar-refractivity contribution in [2.45, 2.75) is 18.9 Å². The molecule has 2 aromatic rings. The van der Waals surface area contributed by atoms with E-state index < -0.39 is 0 Å². The van der Waals surface area contributed by atoms with Crippen molar-refractivity contribution in [1.82, 2.24) is 10.3 Å². The van der Waals surface area contributed by atoms with Gasteiger partial charge in [0.05, 0.1) is 11.6 Å². The highest BCUT2D eigenvalue weighted by atomic mass is 16.5. The number of nitrogens with zero attached hydrogens (tertiary/aromatic N) is 1. The first-order valence-corrected chi connectivity index (χ1v) is 7.03. The van der Waals surface area contributed by atoms with E-state index in [0.717, 1.165) is 36.8 Å². The van der Waals surface area contributed by atoms with Crippen LogP contribution < -0.4 is 5.32 Å². The van der Waals surface area contributed by atoms with Crippen LogP contribution in [0.4, 0.5) is 0 Å². The average molecular weight is 270 g/mol. The number of ketones is 1. The van der Waals surface area contributed by atoms with Crippen molar-refractivity contribution in [3.05, 3.63) is 42.1 Å². The van der Waals surface area contributed by atoms with Gasteiger partial charge in [0.25, 0.3) is 0 Å². The summed E-state index contributed by atoms with van der Waals surface area (Å²) in [5, 5.41) is 4.33. The smallest absolute Gasteiger partial charge is 0.188 e. The van der Waals surface area contributed by atoms with Gasteiger partial charge in [0.2, 0.25) is 0 Å². The third-order valence-electron chi connectivity index (χ3n) is 3.66. The first kappa shape index (κ1) is 13.2. The van der Waals surface area contributed by atoms with Crippen LogP contribution >= 0.6 is 0 Å². The third kappa shape index (κ3) is 3.03. The number of ether oxygens (including phenoxy) is 1. The lowest BCUT2D eigenvalue weighted by Gasteiger charge is -2.22. The number of aromatic nitrogens is 1. The molecule has 0 bridgehead atoms. The van der Waals surface area contributed by atoms with Gasteiger partial charge < -0.3 is 10.1 Å². The average Bonchev–Trinajstić information content (AvgIpc) is 2.53. The maximum Gasteiger partial charge on any atom is 0.188 e. The molecular weight excluding hydrogens is 252 g/mol. The molecule has 104 valence electrons. The molecule has 1 saturated heterocycles. The molecule has 1 fully saturated rings. The van der Waals surface area contributed by atoms with Crippen molar-refractivity contribution in [2.75, 3.05) is 19.7 Å². The Kier molecular flexibility index (Phi) is 4.04. The Morgan fingerprint density at radius 1 is 1.30 bits per heavy atom. The van der Waals surface area contributed by atoms with Gasteiger partial charge >= 0.3 is 0 Å². The van der Waals surface area contributed by atoms with Crippen LogP contribution in [0.1, 0.15) is 23.2 Å². The van der Waals surface area contributed by atoms with Crippen LogP contribution in [0.25, 0.3) is 10.9 Å². The second-order valence-corrected chi connectivity index (χ2v) is 5.09.